The summed E-state index contributed by atoms with van der Waals surface area (Å²) in [5.41, 5.74) is 2.92. The first kappa shape index (κ1) is 22.5. The second-order valence-corrected chi connectivity index (χ2v) is 14.5. The van der Waals surface area contributed by atoms with Gasteiger partial charge < -0.3 is 10.2 Å². The van der Waals surface area contributed by atoms with Crippen molar-refractivity contribution in [3.8, 4) is 0 Å². The van der Waals surface area contributed by atoms with Gasteiger partial charge in [-0.25, -0.2) is 0 Å². The average Bonchev–Trinajstić information content (AvgIpc) is 2.67. The fraction of sp³-hybridized carbons (Fsp3) is 0.931. The third-order valence-electron chi connectivity index (χ3n) is 12.7. The summed E-state index contributed by atoms with van der Waals surface area (Å²) >= 11 is 0. The highest BCUT2D eigenvalue weighted by molar-refractivity contribution is 5.33. The molecule has 176 valence electrons. The van der Waals surface area contributed by atoms with Gasteiger partial charge in [0, 0.05) is 5.41 Å². The van der Waals surface area contributed by atoms with Crippen LogP contribution < -0.4 is 0 Å². The Kier molecular flexibility index (Phi) is 4.80. The number of hydrogen-bond donors (Lipinski definition) is 2. The van der Waals surface area contributed by atoms with Gasteiger partial charge in [-0.2, -0.15) is 0 Å². The van der Waals surface area contributed by atoms with E-state index in [-0.39, 0.29) is 28.5 Å². The van der Waals surface area contributed by atoms with Crippen LogP contribution in [0.2, 0.25) is 0 Å². The molecule has 2 N–H and O–H groups in total. The van der Waals surface area contributed by atoms with Gasteiger partial charge in [0.05, 0.1) is 12.2 Å². The van der Waals surface area contributed by atoms with E-state index in [9.17, 15) is 10.2 Å². The van der Waals surface area contributed by atoms with Crippen LogP contribution in [0.1, 0.15) is 106 Å². The summed E-state index contributed by atoms with van der Waals surface area (Å²) in [6.07, 6.45) is 12.9. The zero-order valence-electron chi connectivity index (χ0n) is 21.3. The molecule has 0 aromatic rings. The predicted octanol–water partition coefficient (Wildman–Crippen LogP) is 6.75. The van der Waals surface area contributed by atoms with Crippen molar-refractivity contribution in [2.45, 2.75) is 118 Å². The molecule has 0 aromatic heterocycles. The Balaban J connectivity index is 1.57. The average molecular weight is 429 g/mol. The van der Waals surface area contributed by atoms with E-state index in [1.165, 1.54) is 44.9 Å². The zero-order chi connectivity index (χ0) is 22.6. The number of aliphatic hydroxyl groups excluding tert-OH is 2. The Morgan fingerprint density at radius 1 is 0.839 bits per heavy atom. The van der Waals surface area contributed by atoms with Gasteiger partial charge in [0.25, 0.3) is 0 Å². The third-order valence-corrected chi connectivity index (χ3v) is 12.7. The molecule has 2 nitrogen and oxygen atoms in total. The van der Waals surface area contributed by atoms with Crippen molar-refractivity contribution in [1.29, 1.82) is 0 Å². The topological polar surface area (TPSA) is 40.5 Å². The maximum Gasteiger partial charge on any atom is 0.0604 e. The number of rotatable bonds is 0. The van der Waals surface area contributed by atoms with E-state index in [2.05, 4.69) is 54.5 Å². The molecule has 0 saturated heterocycles. The van der Waals surface area contributed by atoms with Crippen LogP contribution in [0.25, 0.3) is 0 Å². The standard InChI is InChI=1S/C29H48O2/c1-18-19-10-13-29(7)23(26(19,4)12-11-22(18)30)9-8-20-21-16-25(2,3)17-24(31)27(21,5)14-15-28(20,29)6/h8,18-19,21-24,30-31H,9-17H2,1-7H3/t18-,19-,21-,22-,23+,24+,26-,27+,28+,29+/m0/s1. The highest BCUT2D eigenvalue weighted by Gasteiger charge is 2.67. The molecular weight excluding hydrogens is 380 g/mol. The molecule has 0 amide bonds. The number of aliphatic hydroxyl groups is 2. The minimum Gasteiger partial charge on any atom is -0.393 e. The van der Waals surface area contributed by atoms with E-state index in [1.54, 1.807) is 5.57 Å². The van der Waals surface area contributed by atoms with Gasteiger partial charge in [0.15, 0.2) is 0 Å². The molecule has 0 aromatic carbocycles. The Morgan fingerprint density at radius 2 is 1.55 bits per heavy atom. The third kappa shape index (κ3) is 2.76. The maximum absolute atomic E-state index is 11.3. The second kappa shape index (κ2) is 6.62. The lowest BCUT2D eigenvalue weighted by Gasteiger charge is -2.70. The van der Waals surface area contributed by atoms with Crippen LogP contribution in [-0.2, 0) is 0 Å². The molecule has 0 radical (unpaired) electrons. The molecule has 31 heavy (non-hydrogen) atoms. The van der Waals surface area contributed by atoms with E-state index in [0.29, 0.717) is 34.5 Å². The summed E-state index contributed by atoms with van der Waals surface area (Å²) in [6, 6.07) is 0. The van der Waals surface area contributed by atoms with Crippen molar-refractivity contribution < 1.29 is 10.2 Å². The molecule has 0 heterocycles. The van der Waals surface area contributed by atoms with Gasteiger partial charge in [-0.1, -0.05) is 60.1 Å². The van der Waals surface area contributed by atoms with Crippen molar-refractivity contribution in [2.75, 3.05) is 0 Å². The highest BCUT2D eigenvalue weighted by Crippen LogP contribution is 2.74. The molecule has 5 aliphatic carbocycles. The Hall–Kier alpha value is -0.340. The van der Waals surface area contributed by atoms with Gasteiger partial charge in [0.1, 0.15) is 0 Å². The van der Waals surface area contributed by atoms with Gasteiger partial charge in [-0.05, 0) is 103 Å². The maximum atomic E-state index is 11.3. The predicted molar refractivity (Wildman–Crippen MR) is 127 cm³/mol. The highest BCUT2D eigenvalue weighted by atomic mass is 16.3. The van der Waals surface area contributed by atoms with Gasteiger partial charge in [0.2, 0.25) is 0 Å². The molecule has 0 spiro atoms. The molecular formula is C29H48O2. The summed E-state index contributed by atoms with van der Waals surface area (Å²) in [5, 5.41) is 21.9. The largest absolute Gasteiger partial charge is 0.393 e. The molecule has 0 bridgehead atoms. The Bertz CT molecular complexity index is 784. The molecule has 5 rings (SSSR count). The number of fused-ring (bicyclic) bond motifs is 7. The first-order chi connectivity index (χ1) is 14.3. The fourth-order valence-corrected chi connectivity index (χ4v) is 10.3. The number of allylic oxidation sites excluding steroid dienone is 2. The summed E-state index contributed by atoms with van der Waals surface area (Å²) in [6.45, 7) is 17.3. The van der Waals surface area contributed by atoms with Gasteiger partial charge >= 0.3 is 0 Å². The molecule has 10 atom stereocenters. The molecule has 4 fully saturated rings. The van der Waals surface area contributed by atoms with Crippen molar-refractivity contribution in [3.05, 3.63) is 11.6 Å². The smallest absolute Gasteiger partial charge is 0.0604 e. The fourth-order valence-electron chi connectivity index (χ4n) is 10.3. The van der Waals surface area contributed by atoms with Crippen LogP contribution in [0.15, 0.2) is 11.6 Å². The van der Waals surface area contributed by atoms with E-state index in [0.717, 1.165) is 12.8 Å². The summed E-state index contributed by atoms with van der Waals surface area (Å²) < 4.78 is 0. The molecule has 0 unspecified atom stereocenters. The van der Waals surface area contributed by atoms with Crippen LogP contribution in [-0.4, -0.2) is 22.4 Å². The minimum atomic E-state index is -0.175. The second-order valence-electron chi connectivity index (χ2n) is 14.5. The van der Waals surface area contributed by atoms with E-state index in [1.807, 2.05) is 0 Å². The van der Waals surface area contributed by atoms with Gasteiger partial charge in [-0.3, -0.25) is 0 Å². The molecule has 2 heteroatoms. The Labute approximate surface area is 191 Å². The van der Waals surface area contributed by atoms with Crippen molar-refractivity contribution in [3.63, 3.8) is 0 Å². The molecule has 5 aliphatic rings. The van der Waals surface area contributed by atoms with Crippen LogP contribution in [0.4, 0.5) is 0 Å². The lowest BCUT2D eigenvalue weighted by Crippen LogP contribution is -2.64. The monoisotopic (exact) mass is 428 g/mol. The van der Waals surface area contributed by atoms with Crippen molar-refractivity contribution in [1.82, 2.24) is 0 Å². The van der Waals surface area contributed by atoms with Crippen LogP contribution in [0, 0.1) is 50.7 Å². The van der Waals surface area contributed by atoms with Crippen LogP contribution >= 0.6 is 0 Å². The zero-order valence-corrected chi connectivity index (χ0v) is 21.3. The van der Waals surface area contributed by atoms with Crippen LogP contribution in [0.3, 0.4) is 0 Å². The summed E-state index contributed by atoms with van der Waals surface area (Å²) in [7, 11) is 0. The van der Waals surface area contributed by atoms with Gasteiger partial charge in [-0.15, -0.1) is 0 Å². The van der Waals surface area contributed by atoms with E-state index >= 15 is 0 Å². The molecule has 4 saturated carbocycles. The van der Waals surface area contributed by atoms with E-state index < -0.39 is 0 Å². The summed E-state index contributed by atoms with van der Waals surface area (Å²) in [4.78, 5) is 0. The Morgan fingerprint density at radius 3 is 2.26 bits per heavy atom. The lowest BCUT2D eigenvalue weighted by molar-refractivity contribution is -0.187. The van der Waals surface area contributed by atoms with Crippen molar-refractivity contribution >= 4 is 0 Å². The van der Waals surface area contributed by atoms with Crippen molar-refractivity contribution in [2.24, 2.45) is 50.7 Å². The quantitative estimate of drug-likeness (QED) is 0.419. The molecule has 0 aliphatic heterocycles. The first-order valence-electron chi connectivity index (χ1n) is 13.4. The summed E-state index contributed by atoms with van der Waals surface area (Å²) in [5.74, 6) is 2.34. The normalized spacial score (nSPS) is 58.3. The van der Waals surface area contributed by atoms with Crippen LogP contribution in [0.5, 0.6) is 0 Å². The SMILES string of the molecule is C[C@@H]1[C@@H](O)CC[C@]2(C)[C@H]3CC=C4[C@@H]5CC(C)(C)C[C@@H](O)[C@]5(C)CC[C@@]4(C)[C@]3(C)CC[C@@H]12. The lowest BCUT2D eigenvalue weighted by atomic mass is 9.34. The first-order valence-corrected chi connectivity index (χ1v) is 13.4. The number of hydrogen-bond acceptors (Lipinski definition) is 2. The van der Waals surface area contributed by atoms with E-state index in [4.69, 9.17) is 0 Å². The minimum absolute atomic E-state index is 0.0502.